The first-order chi connectivity index (χ1) is 8.93. The molecule has 6 heteroatoms. The van der Waals surface area contributed by atoms with Crippen LogP contribution in [-0.2, 0) is 9.59 Å². The first-order valence-corrected chi connectivity index (χ1v) is 5.85. The number of amides is 1. The summed E-state index contributed by atoms with van der Waals surface area (Å²) in [5.41, 5.74) is 6.39. The van der Waals surface area contributed by atoms with E-state index in [1.54, 1.807) is 19.1 Å². The number of carboxylic acid groups (broad SMARTS) is 1. The summed E-state index contributed by atoms with van der Waals surface area (Å²) in [4.78, 5) is 33.4. The summed E-state index contributed by atoms with van der Waals surface area (Å²) < 4.78 is 0. The van der Waals surface area contributed by atoms with Gasteiger partial charge in [-0.1, -0.05) is 6.92 Å². The number of carbonyl (C=O) groups is 3. The highest BCUT2D eigenvalue weighted by Crippen LogP contribution is 2.12. The van der Waals surface area contributed by atoms with Gasteiger partial charge in [0.15, 0.2) is 5.78 Å². The molecular formula is C13H16N2O4. The topological polar surface area (TPSA) is 109 Å². The Morgan fingerprint density at radius 1 is 1.26 bits per heavy atom. The maximum absolute atomic E-state index is 11.8. The molecule has 0 spiro atoms. The Balaban J connectivity index is 2.73. The number of carbonyl (C=O) groups excluding carboxylic acids is 2. The van der Waals surface area contributed by atoms with Crippen LogP contribution >= 0.6 is 0 Å². The molecule has 0 aliphatic rings. The lowest BCUT2D eigenvalue weighted by Gasteiger charge is -2.09. The molecule has 0 saturated carbocycles. The van der Waals surface area contributed by atoms with Gasteiger partial charge in [0.2, 0.25) is 5.91 Å². The number of anilines is 1. The monoisotopic (exact) mass is 264 g/mol. The molecule has 1 rings (SSSR count). The van der Waals surface area contributed by atoms with Gasteiger partial charge in [-0.15, -0.1) is 0 Å². The van der Waals surface area contributed by atoms with Crippen molar-refractivity contribution in [1.82, 2.24) is 0 Å². The van der Waals surface area contributed by atoms with E-state index in [-0.39, 0.29) is 5.91 Å². The molecule has 6 nitrogen and oxygen atoms in total. The van der Waals surface area contributed by atoms with E-state index in [0.29, 0.717) is 17.7 Å². The van der Waals surface area contributed by atoms with Gasteiger partial charge in [-0.05, 0) is 24.3 Å². The Bertz CT molecular complexity index is 482. The van der Waals surface area contributed by atoms with Crippen molar-refractivity contribution in [2.45, 2.75) is 25.8 Å². The van der Waals surface area contributed by atoms with E-state index in [9.17, 15) is 14.4 Å². The van der Waals surface area contributed by atoms with Crippen molar-refractivity contribution >= 4 is 23.3 Å². The number of rotatable bonds is 6. The Hall–Kier alpha value is -2.21. The maximum Gasteiger partial charge on any atom is 0.305 e. The molecule has 0 saturated heterocycles. The van der Waals surface area contributed by atoms with E-state index >= 15 is 0 Å². The van der Waals surface area contributed by atoms with Crippen LogP contribution in [0.25, 0.3) is 0 Å². The Morgan fingerprint density at radius 3 is 2.32 bits per heavy atom. The average Bonchev–Trinajstić information content (AvgIpc) is 2.37. The van der Waals surface area contributed by atoms with E-state index in [1.165, 1.54) is 12.1 Å². The third-order valence-corrected chi connectivity index (χ3v) is 2.51. The van der Waals surface area contributed by atoms with Gasteiger partial charge in [0.1, 0.15) is 0 Å². The molecule has 0 aromatic heterocycles. The molecule has 19 heavy (non-hydrogen) atoms. The molecule has 4 N–H and O–H groups in total. The molecule has 0 aliphatic carbocycles. The maximum atomic E-state index is 11.8. The van der Waals surface area contributed by atoms with Crippen LogP contribution in [0.2, 0.25) is 0 Å². The van der Waals surface area contributed by atoms with Gasteiger partial charge in [0, 0.05) is 17.7 Å². The van der Waals surface area contributed by atoms with Crippen LogP contribution in [0.1, 0.15) is 30.1 Å². The largest absolute Gasteiger partial charge is 0.481 e. The summed E-state index contributed by atoms with van der Waals surface area (Å²) in [6, 6.07) is 5.11. The van der Waals surface area contributed by atoms with E-state index in [0.717, 1.165) is 0 Å². The third-order valence-electron chi connectivity index (χ3n) is 2.51. The third kappa shape index (κ3) is 4.51. The summed E-state index contributed by atoms with van der Waals surface area (Å²) >= 11 is 0. The molecule has 0 heterocycles. The highest BCUT2D eigenvalue weighted by molar-refractivity contribution is 6.02. The number of nitrogens with two attached hydrogens (primary N) is 1. The highest BCUT2D eigenvalue weighted by atomic mass is 16.4. The minimum absolute atomic E-state index is 0.123. The zero-order valence-corrected chi connectivity index (χ0v) is 10.6. The predicted octanol–water partition coefficient (Wildman–Crippen LogP) is 1.02. The fraction of sp³-hybridized carbons (Fsp3) is 0.308. The lowest BCUT2D eigenvalue weighted by atomic mass is 10.0. The fourth-order valence-corrected chi connectivity index (χ4v) is 1.46. The van der Waals surface area contributed by atoms with Crippen molar-refractivity contribution in [2.24, 2.45) is 5.73 Å². The summed E-state index contributed by atoms with van der Waals surface area (Å²) in [6.45, 7) is 1.73. The number of carboxylic acids is 1. The zero-order chi connectivity index (χ0) is 14.4. The van der Waals surface area contributed by atoms with Crippen LogP contribution in [-0.4, -0.2) is 28.8 Å². The first kappa shape index (κ1) is 14.8. The zero-order valence-electron chi connectivity index (χ0n) is 10.6. The second-order valence-electron chi connectivity index (χ2n) is 4.05. The predicted molar refractivity (Wildman–Crippen MR) is 69.9 cm³/mol. The molecule has 1 aromatic rings. The van der Waals surface area contributed by atoms with Crippen LogP contribution < -0.4 is 11.1 Å². The van der Waals surface area contributed by atoms with Crippen LogP contribution in [0.3, 0.4) is 0 Å². The van der Waals surface area contributed by atoms with Crippen molar-refractivity contribution in [1.29, 1.82) is 0 Å². The highest BCUT2D eigenvalue weighted by Gasteiger charge is 2.18. The van der Waals surface area contributed by atoms with E-state index < -0.39 is 24.2 Å². The van der Waals surface area contributed by atoms with Gasteiger partial charge in [0.25, 0.3) is 0 Å². The SMILES string of the molecule is CCC(=O)Nc1ccc(C(=O)C(N)CC(=O)O)cc1. The second-order valence-corrected chi connectivity index (χ2v) is 4.05. The van der Waals surface area contributed by atoms with Gasteiger partial charge in [0.05, 0.1) is 12.5 Å². The lowest BCUT2D eigenvalue weighted by Crippen LogP contribution is -2.32. The molecule has 1 amide bonds. The number of benzene rings is 1. The summed E-state index contributed by atoms with van der Waals surface area (Å²) in [7, 11) is 0. The Labute approximate surface area is 110 Å². The van der Waals surface area contributed by atoms with Crippen molar-refractivity contribution in [3.63, 3.8) is 0 Å². The number of Topliss-reactive ketones (excluding diaryl/α,β-unsaturated/α-hetero) is 1. The van der Waals surface area contributed by atoms with Crippen molar-refractivity contribution in [2.75, 3.05) is 5.32 Å². The molecule has 0 fully saturated rings. The number of nitrogens with one attached hydrogen (secondary N) is 1. The van der Waals surface area contributed by atoms with Crippen molar-refractivity contribution in [3.8, 4) is 0 Å². The van der Waals surface area contributed by atoms with Crippen molar-refractivity contribution < 1.29 is 19.5 Å². The second kappa shape index (κ2) is 6.65. The van der Waals surface area contributed by atoms with Crippen molar-refractivity contribution in [3.05, 3.63) is 29.8 Å². The average molecular weight is 264 g/mol. The summed E-state index contributed by atoms with van der Waals surface area (Å²) in [5, 5.41) is 11.2. The van der Waals surface area contributed by atoms with Gasteiger partial charge in [-0.25, -0.2) is 0 Å². The number of hydrogen-bond acceptors (Lipinski definition) is 4. The molecule has 0 bridgehead atoms. The molecule has 0 aliphatic heterocycles. The van der Waals surface area contributed by atoms with Crippen LogP contribution in [0.5, 0.6) is 0 Å². The van der Waals surface area contributed by atoms with Gasteiger partial charge in [-0.2, -0.15) is 0 Å². The summed E-state index contributed by atoms with van der Waals surface area (Å²) in [5.74, 6) is -1.68. The lowest BCUT2D eigenvalue weighted by molar-refractivity contribution is -0.137. The molecule has 1 atom stereocenters. The van der Waals surface area contributed by atoms with E-state index in [1.807, 2.05) is 0 Å². The van der Waals surface area contributed by atoms with Gasteiger partial charge < -0.3 is 16.2 Å². The molecule has 0 radical (unpaired) electrons. The standard InChI is InChI=1S/C13H16N2O4/c1-2-11(16)15-9-5-3-8(4-6-9)13(19)10(14)7-12(17)18/h3-6,10H,2,7,14H2,1H3,(H,15,16)(H,17,18). The first-order valence-electron chi connectivity index (χ1n) is 5.85. The van der Waals surface area contributed by atoms with E-state index in [4.69, 9.17) is 10.8 Å². The number of ketones is 1. The summed E-state index contributed by atoms with van der Waals surface area (Å²) in [6.07, 6.45) is -0.0443. The van der Waals surface area contributed by atoms with Crippen LogP contribution in [0.4, 0.5) is 5.69 Å². The Kier molecular flexibility index (Phi) is 5.20. The number of aliphatic carboxylic acids is 1. The molecule has 1 unspecified atom stereocenters. The number of hydrogen-bond donors (Lipinski definition) is 3. The van der Waals surface area contributed by atoms with Crippen LogP contribution in [0.15, 0.2) is 24.3 Å². The molecule has 102 valence electrons. The normalized spacial score (nSPS) is 11.7. The molecule has 1 aromatic carbocycles. The Morgan fingerprint density at radius 2 is 1.84 bits per heavy atom. The quantitative estimate of drug-likeness (QED) is 0.664. The molecular weight excluding hydrogens is 248 g/mol. The minimum atomic E-state index is -1.12. The van der Waals surface area contributed by atoms with Gasteiger partial charge >= 0.3 is 5.97 Å². The van der Waals surface area contributed by atoms with Crippen LogP contribution in [0, 0.1) is 0 Å². The minimum Gasteiger partial charge on any atom is -0.481 e. The van der Waals surface area contributed by atoms with E-state index in [2.05, 4.69) is 5.32 Å². The smallest absolute Gasteiger partial charge is 0.305 e. The fourth-order valence-electron chi connectivity index (χ4n) is 1.46. The van der Waals surface area contributed by atoms with Gasteiger partial charge in [-0.3, -0.25) is 14.4 Å².